The van der Waals surface area contributed by atoms with Crippen LogP contribution in [0.4, 0.5) is 0 Å². The molecular weight excluding hydrogens is 212 g/mol. The first kappa shape index (κ1) is 16.4. The van der Waals surface area contributed by atoms with Crippen molar-refractivity contribution in [2.24, 2.45) is 5.73 Å². The Hall–Kier alpha value is -0.570. The lowest BCUT2D eigenvalue weighted by Crippen LogP contribution is -2.31. The summed E-state index contributed by atoms with van der Waals surface area (Å²) in [6.45, 7) is 5.26. The molecule has 0 saturated carbocycles. The topological polar surface area (TPSA) is 55.1 Å². The third-order valence-electron chi connectivity index (χ3n) is 3.03. The molecule has 3 heteroatoms. The van der Waals surface area contributed by atoms with Crippen molar-refractivity contribution in [3.05, 3.63) is 0 Å². The van der Waals surface area contributed by atoms with Crippen molar-refractivity contribution >= 4 is 5.91 Å². The van der Waals surface area contributed by atoms with Crippen molar-refractivity contribution in [1.29, 1.82) is 0 Å². The summed E-state index contributed by atoms with van der Waals surface area (Å²) in [5.41, 5.74) is 5.12. The first-order valence-electron chi connectivity index (χ1n) is 7.18. The van der Waals surface area contributed by atoms with Crippen LogP contribution in [0.15, 0.2) is 0 Å². The third-order valence-corrected chi connectivity index (χ3v) is 3.03. The highest BCUT2D eigenvalue weighted by atomic mass is 16.1. The Balaban J connectivity index is 3.10. The van der Waals surface area contributed by atoms with E-state index in [1.165, 1.54) is 51.4 Å². The number of carbonyl (C=O) groups excluding carboxylic acids is 1. The fourth-order valence-corrected chi connectivity index (χ4v) is 1.98. The molecule has 0 aromatic heterocycles. The molecule has 0 rings (SSSR count). The minimum atomic E-state index is -0.221. The molecular formula is C14H30N2O. The van der Waals surface area contributed by atoms with Crippen LogP contribution in [0.2, 0.25) is 0 Å². The van der Waals surface area contributed by atoms with Crippen LogP contribution >= 0.6 is 0 Å². The molecule has 0 heterocycles. The maximum absolute atomic E-state index is 10.7. The summed E-state index contributed by atoms with van der Waals surface area (Å²) in [6, 6.07) is 0.219. The summed E-state index contributed by atoms with van der Waals surface area (Å²) in [6.07, 6.45) is 11.1. The van der Waals surface area contributed by atoms with Gasteiger partial charge in [-0.15, -0.1) is 0 Å². The second-order valence-electron chi connectivity index (χ2n) is 5.00. The first-order chi connectivity index (χ1) is 8.16. The largest absolute Gasteiger partial charge is 0.370 e. The lowest BCUT2D eigenvalue weighted by Gasteiger charge is -2.11. The molecule has 0 fully saturated rings. The smallest absolute Gasteiger partial charge is 0.218 e. The Morgan fingerprint density at radius 1 is 1.06 bits per heavy atom. The monoisotopic (exact) mass is 242 g/mol. The SMILES string of the molecule is CCCCCCCCCCNC(C)CC(N)=O. The maximum atomic E-state index is 10.7. The molecule has 1 amide bonds. The average Bonchev–Trinajstić information content (AvgIpc) is 2.26. The van der Waals surface area contributed by atoms with Gasteiger partial charge in [0.1, 0.15) is 0 Å². The molecule has 0 spiro atoms. The van der Waals surface area contributed by atoms with Crippen LogP contribution in [0.5, 0.6) is 0 Å². The molecule has 17 heavy (non-hydrogen) atoms. The molecule has 0 aromatic carbocycles. The van der Waals surface area contributed by atoms with Crippen LogP contribution in [0.1, 0.15) is 71.6 Å². The number of primary amides is 1. The lowest BCUT2D eigenvalue weighted by molar-refractivity contribution is -0.118. The molecule has 1 atom stereocenters. The standard InChI is InChI=1S/C14H30N2O/c1-3-4-5-6-7-8-9-10-11-16-13(2)12-14(15)17/h13,16H,3-12H2,1-2H3,(H2,15,17). The maximum Gasteiger partial charge on any atom is 0.218 e. The molecule has 0 aliphatic heterocycles. The highest BCUT2D eigenvalue weighted by Gasteiger charge is 2.03. The van der Waals surface area contributed by atoms with Crippen LogP contribution in [-0.2, 0) is 4.79 Å². The predicted octanol–water partition coefficient (Wildman–Crippen LogP) is 2.98. The molecule has 3 N–H and O–H groups in total. The van der Waals surface area contributed by atoms with Gasteiger partial charge in [-0.1, -0.05) is 51.9 Å². The van der Waals surface area contributed by atoms with Gasteiger partial charge in [-0.3, -0.25) is 4.79 Å². The van der Waals surface area contributed by atoms with E-state index in [4.69, 9.17) is 5.73 Å². The van der Waals surface area contributed by atoms with E-state index in [0.717, 1.165) is 6.54 Å². The number of carbonyl (C=O) groups is 1. The molecule has 0 aliphatic carbocycles. The van der Waals surface area contributed by atoms with Crippen molar-refractivity contribution in [3.63, 3.8) is 0 Å². The average molecular weight is 242 g/mol. The summed E-state index contributed by atoms with van der Waals surface area (Å²) < 4.78 is 0. The molecule has 0 aliphatic rings. The normalized spacial score (nSPS) is 12.6. The minimum Gasteiger partial charge on any atom is -0.370 e. The van der Waals surface area contributed by atoms with Gasteiger partial charge in [0, 0.05) is 12.5 Å². The predicted molar refractivity (Wildman–Crippen MR) is 73.9 cm³/mol. The van der Waals surface area contributed by atoms with E-state index >= 15 is 0 Å². The molecule has 0 radical (unpaired) electrons. The Morgan fingerprint density at radius 3 is 2.12 bits per heavy atom. The van der Waals surface area contributed by atoms with Gasteiger partial charge in [0.05, 0.1) is 0 Å². The summed E-state index contributed by atoms with van der Waals surface area (Å²) in [4.78, 5) is 10.7. The Kier molecular flexibility index (Phi) is 11.5. The van der Waals surface area contributed by atoms with Gasteiger partial charge < -0.3 is 11.1 Å². The van der Waals surface area contributed by atoms with Gasteiger partial charge in [0.15, 0.2) is 0 Å². The van der Waals surface area contributed by atoms with Crippen molar-refractivity contribution in [3.8, 4) is 0 Å². The van der Waals surface area contributed by atoms with Gasteiger partial charge in [-0.25, -0.2) is 0 Å². The fourth-order valence-electron chi connectivity index (χ4n) is 1.98. The van der Waals surface area contributed by atoms with Gasteiger partial charge in [-0.05, 0) is 19.9 Å². The molecule has 102 valence electrons. The third kappa shape index (κ3) is 13.4. The van der Waals surface area contributed by atoms with E-state index in [2.05, 4.69) is 12.2 Å². The van der Waals surface area contributed by atoms with E-state index in [9.17, 15) is 4.79 Å². The molecule has 0 bridgehead atoms. The number of nitrogens with one attached hydrogen (secondary N) is 1. The van der Waals surface area contributed by atoms with E-state index in [1.807, 2.05) is 6.92 Å². The van der Waals surface area contributed by atoms with Crippen LogP contribution in [0.3, 0.4) is 0 Å². The second-order valence-corrected chi connectivity index (χ2v) is 5.00. The van der Waals surface area contributed by atoms with Crippen molar-refractivity contribution < 1.29 is 4.79 Å². The number of hydrogen-bond donors (Lipinski definition) is 2. The second kappa shape index (κ2) is 11.9. The highest BCUT2D eigenvalue weighted by molar-refractivity contribution is 5.74. The summed E-state index contributed by atoms with van der Waals surface area (Å²) in [5, 5.41) is 3.32. The fraction of sp³-hybridized carbons (Fsp3) is 0.929. The number of rotatable bonds is 12. The Morgan fingerprint density at radius 2 is 1.59 bits per heavy atom. The summed E-state index contributed by atoms with van der Waals surface area (Å²) in [5.74, 6) is -0.221. The number of amides is 1. The summed E-state index contributed by atoms with van der Waals surface area (Å²) >= 11 is 0. The molecule has 0 aromatic rings. The molecule has 3 nitrogen and oxygen atoms in total. The molecule has 1 unspecified atom stereocenters. The van der Waals surface area contributed by atoms with Gasteiger partial charge in [0.2, 0.25) is 5.91 Å². The van der Waals surface area contributed by atoms with Crippen molar-refractivity contribution in [1.82, 2.24) is 5.32 Å². The van der Waals surface area contributed by atoms with Crippen LogP contribution in [-0.4, -0.2) is 18.5 Å². The van der Waals surface area contributed by atoms with Gasteiger partial charge >= 0.3 is 0 Å². The van der Waals surface area contributed by atoms with E-state index < -0.39 is 0 Å². The van der Waals surface area contributed by atoms with Gasteiger partial charge in [-0.2, -0.15) is 0 Å². The van der Waals surface area contributed by atoms with Crippen molar-refractivity contribution in [2.45, 2.75) is 77.7 Å². The highest BCUT2D eigenvalue weighted by Crippen LogP contribution is 2.07. The summed E-state index contributed by atoms with van der Waals surface area (Å²) in [7, 11) is 0. The number of unbranched alkanes of at least 4 members (excludes halogenated alkanes) is 7. The molecule has 0 saturated heterocycles. The van der Waals surface area contributed by atoms with Crippen molar-refractivity contribution in [2.75, 3.05) is 6.54 Å². The first-order valence-corrected chi connectivity index (χ1v) is 7.18. The Labute approximate surface area is 107 Å². The number of nitrogens with two attached hydrogens (primary N) is 1. The Bertz CT molecular complexity index is 183. The number of hydrogen-bond acceptors (Lipinski definition) is 2. The minimum absolute atomic E-state index is 0.219. The van der Waals surface area contributed by atoms with Crippen LogP contribution in [0, 0.1) is 0 Å². The zero-order valence-electron chi connectivity index (χ0n) is 11.6. The van der Waals surface area contributed by atoms with E-state index in [1.54, 1.807) is 0 Å². The van der Waals surface area contributed by atoms with E-state index in [0.29, 0.717) is 6.42 Å². The lowest BCUT2D eigenvalue weighted by atomic mass is 10.1. The van der Waals surface area contributed by atoms with Crippen LogP contribution < -0.4 is 11.1 Å². The van der Waals surface area contributed by atoms with Crippen LogP contribution in [0.25, 0.3) is 0 Å². The van der Waals surface area contributed by atoms with E-state index in [-0.39, 0.29) is 11.9 Å². The van der Waals surface area contributed by atoms with Gasteiger partial charge in [0.25, 0.3) is 0 Å². The quantitative estimate of drug-likeness (QED) is 0.517. The zero-order chi connectivity index (χ0) is 12.9. The zero-order valence-corrected chi connectivity index (χ0v) is 11.6.